The van der Waals surface area contributed by atoms with E-state index in [0.717, 1.165) is 30.0 Å². The number of fused-ring (bicyclic) bond motifs is 1. The number of aromatic amines is 1. The smallest absolute Gasteiger partial charge is 0.140 e. The average molecular weight is 393 g/mol. The van der Waals surface area contributed by atoms with Crippen LogP contribution in [0.25, 0.3) is 22.4 Å². The number of benzene rings is 1. The molecule has 2 heterocycles. The first-order valence-corrected chi connectivity index (χ1v) is 7.52. The number of H-pyrrole nitrogens is 1. The van der Waals surface area contributed by atoms with Gasteiger partial charge in [0.05, 0.1) is 18.1 Å². The molecule has 0 atom stereocenters. The summed E-state index contributed by atoms with van der Waals surface area (Å²) in [6.07, 6.45) is 0. The third kappa shape index (κ3) is 2.05. The van der Waals surface area contributed by atoms with Crippen LogP contribution in [0.5, 0.6) is 0 Å². The summed E-state index contributed by atoms with van der Waals surface area (Å²) in [5, 5.41) is 0.662. The SMILES string of the molecule is Clc1cccc2[nH]c(-c3cc(Br)sc3Br)nc12. The number of rotatable bonds is 1. The highest BCUT2D eigenvalue weighted by atomic mass is 79.9. The van der Waals surface area contributed by atoms with Gasteiger partial charge in [-0.2, -0.15) is 0 Å². The Morgan fingerprint density at radius 1 is 1.29 bits per heavy atom. The van der Waals surface area contributed by atoms with E-state index in [4.69, 9.17) is 11.6 Å². The molecule has 0 saturated carbocycles. The van der Waals surface area contributed by atoms with Crippen LogP contribution in [-0.2, 0) is 0 Å². The Morgan fingerprint density at radius 2 is 2.12 bits per heavy atom. The van der Waals surface area contributed by atoms with Crippen molar-refractivity contribution in [3.8, 4) is 11.4 Å². The normalized spacial score (nSPS) is 11.2. The standard InChI is InChI=1S/C11H5Br2ClN2S/c12-8-4-5(10(13)17-8)11-15-7-3-1-2-6(14)9(7)16-11/h1-4H,(H,15,16). The second-order valence-corrected chi connectivity index (χ2v) is 7.62. The molecule has 86 valence electrons. The number of thiophene rings is 1. The molecule has 3 aromatic rings. The molecule has 0 fully saturated rings. The van der Waals surface area contributed by atoms with E-state index in [1.54, 1.807) is 11.3 Å². The molecule has 1 N–H and O–H groups in total. The lowest BCUT2D eigenvalue weighted by Crippen LogP contribution is -1.76. The van der Waals surface area contributed by atoms with Gasteiger partial charge in [0, 0.05) is 5.56 Å². The van der Waals surface area contributed by atoms with Crippen molar-refractivity contribution in [1.29, 1.82) is 0 Å². The van der Waals surface area contributed by atoms with E-state index in [1.165, 1.54) is 0 Å². The summed E-state index contributed by atoms with van der Waals surface area (Å²) in [5.41, 5.74) is 2.79. The van der Waals surface area contributed by atoms with Gasteiger partial charge in [-0.05, 0) is 50.1 Å². The number of halogens is 3. The van der Waals surface area contributed by atoms with Crippen LogP contribution >= 0.6 is 54.8 Å². The Labute approximate surface area is 123 Å². The summed E-state index contributed by atoms with van der Waals surface area (Å²) in [6.45, 7) is 0. The lowest BCUT2D eigenvalue weighted by Gasteiger charge is -1.90. The second kappa shape index (κ2) is 4.39. The molecule has 2 nitrogen and oxygen atoms in total. The zero-order chi connectivity index (χ0) is 12.0. The van der Waals surface area contributed by atoms with E-state index in [9.17, 15) is 0 Å². The summed E-state index contributed by atoms with van der Waals surface area (Å²) in [4.78, 5) is 7.79. The maximum atomic E-state index is 6.10. The van der Waals surface area contributed by atoms with Gasteiger partial charge in [-0.15, -0.1) is 11.3 Å². The molecule has 2 aromatic heterocycles. The van der Waals surface area contributed by atoms with Crippen molar-refractivity contribution >= 4 is 65.8 Å². The van der Waals surface area contributed by atoms with Gasteiger partial charge < -0.3 is 4.98 Å². The molecule has 0 aliphatic carbocycles. The lowest BCUT2D eigenvalue weighted by molar-refractivity contribution is 1.34. The predicted molar refractivity (Wildman–Crippen MR) is 79.8 cm³/mol. The molecule has 0 radical (unpaired) electrons. The summed E-state index contributed by atoms with van der Waals surface area (Å²) in [7, 11) is 0. The molecule has 0 aliphatic rings. The highest BCUT2D eigenvalue weighted by Gasteiger charge is 2.12. The number of nitrogens with one attached hydrogen (secondary N) is 1. The summed E-state index contributed by atoms with van der Waals surface area (Å²) in [6, 6.07) is 7.74. The van der Waals surface area contributed by atoms with Gasteiger partial charge in [0.25, 0.3) is 0 Å². The quantitative estimate of drug-likeness (QED) is 0.584. The number of imidazole rings is 1. The molecule has 17 heavy (non-hydrogen) atoms. The fourth-order valence-corrected chi connectivity index (χ4v) is 4.65. The van der Waals surface area contributed by atoms with E-state index < -0.39 is 0 Å². The van der Waals surface area contributed by atoms with Crippen molar-refractivity contribution in [2.45, 2.75) is 0 Å². The zero-order valence-corrected chi connectivity index (χ0v) is 13.0. The summed E-state index contributed by atoms with van der Waals surface area (Å²) in [5.74, 6) is 0.821. The van der Waals surface area contributed by atoms with Crippen molar-refractivity contribution < 1.29 is 0 Å². The third-order valence-electron chi connectivity index (χ3n) is 2.38. The fraction of sp³-hybridized carbons (Fsp3) is 0. The molecular formula is C11H5Br2ClN2S. The molecule has 6 heteroatoms. The lowest BCUT2D eigenvalue weighted by atomic mass is 10.3. The minimum Gasteiger partial charge on any atom is -0.338 e. The van der Waals surface area contributed by atoms with Crippen LogP contribution < -0.4 is 0 Å². The topological polar surface area (TPSA) is 28.7 Å². The molecule has 0 saturated heterocycles. The first-order valence-electron chi connectivity index (χ1n) is 4.74. The largest absolute Gasteiger partial charge is 0.338 e. The van der Waals surface area contributed by atoms with Crippen molar-refractivity contribution in [3.63, 3.8) is 0 Å². The highest BCUT2D eigenvalue weighted by Crippen LogP contribution is 2.38. The van der Waals surface area contributed by atoms with Gasteiger partial charge in [-0.3, -0.25) is 0 Å². The van der Waals surface area contributed by atoms with Gasteiger partial charge in [-0.1, -0.05) is 17.7 Å². The minimum atomic E-state index is 0.662. The van der Waals surface area contributed by atoms with E-state index >= 15 is 0 Å². The second-order valence-electron chi connectivity index (χ2n) is 3.46. The van der Waals surface area contributed by atoms with Crippen LogP contribution in [0.3, 0.4) is 0 Å². The summed E-state index contributed by atoms with van der Waals surface area (Å²) >= 11 is 14.7. The van der Waals surface area contributed by atoms with Crippen LogP contribution in [0.15, 0.2) is 31.8 Å². The Kier molecular flexibility index (Phi) is 3.02. The van der Waals surface area contributed by atoms with E-state index in [2.05, 4.69) is 41.8 Å². The van der Waals surface area contributed by atoms with Gasteiger partial charge in [0.15, 0.2) is 0 Å². The average Bonchev–Trinajstić information content (AvgIpc) is 2.82. The fourth-order valence-electron chi connectivity index (χ4n) is 1.63. The third-order valence-corrected chi connectivity index (χ3v) is 5.02. The Morgan fingerprint density at radius 3 is 2.76 bits per heavy atom. The molecule has 0 spiro atoms. The van der Waals surface area contributed by atoms with Crippen LogP contribution in [0.1, 0.15) is 0 Å². The first kappa shape index (κ1) is 11.7. The number of hydrogen-bond acceptors (Lipinski definition) is 2. The van der Waals surface area contributed by atoms with Crippen LogP contribution in [-0.4, -0.2) is 9.97 Å². The Hall–Kier alpha value is -0.360. The maximum Gasteiger partial charge on any atom is 0.140 e. The van der Waals surface area contributed by atoms with Crippen molar-refractivity contribution in [3.05, 3.63) is 36.9 Å². The summed E-state index contributed by atoms with van der Waals surface area (Å²) < 4.78 is 2.10. The van der Waals surface area contributed by atoms with Gasteiger partial charge >= 0.3 is 0 Å². The predicted octanol–water partition coefficient (Wildman–Crippen LogP) is 5.47. The molecule has 0 aliphatic heterocycles. The highest BCUT2D eigenvalue weighted by molar-refractivity contribution is 9.12. The van der Waals surface area contributed by atoms with Crippen molar-refractivity contribution in [2.24, 2.45) is 0 Å². The van der Waals surface area contributed by atoms with Crippen molar-refractivity contribution in [2.75, 3.05) is 0 Å². The minimum absolute atomic E-state index is 0.662. The van der Waals surface area contributed by atoms with E-state index in [0.29, 0.717) is 5.02 Å². The molecule has 0 amide bonds. The molecule has 0 unspecified atom stereocenters. The Balaban J connectivity index is 2.25. The van der Waals surface area contributed by atoms with E-state index in [-0.39, 0.29) is 0 Å². The van der Waals surface area contributed by atoms with Crippen molar-refractivity contribution in [1.82, 2.24) is 9.97 Å². The number of aromatic nitrogens is 2. The van der Waals surface area contributed by atoms with Gasteiger partial charge in [-0.25, -0.2) is 4.98 Å². The van der Waals surface area contributed by atoms with Gasteiger partial charge in [0.1, 0.15) is 11.3 Å². The molecule has 0 bridgehead atoms. The van der Waals surface area contributed by atoms with Crippen LogP contribution in [0.4, 0.5) is 0 Å². The number of nitrogens with zero attached hydrogens (tertiary/aromatic N) is 1. The number of hydrogen-bond donors (Lipinski definition) is 1. The molecule has 3 rings (SSSR count). The van der Waals surface area contributed by atoms with Crippen LogP contribution in [0.2, 0.25) is 5.02 Å². The Bertz CT molecular complexity index is 705. The monoisotopic (exact) mass is 390 g/mol. The van der Waals surface area contributed by atoms with Gasteiger partial charge in [0.2, 0.25) is 0 Å². The van der Waals surface area contributed by atoms with E-state index in [1.807, 2.05) is 24.3 Å². The maximum absolute atomic E-state index is 6.10. The number of para-hydroxylation sites is 1. The molecule has 1 aromatic carbocycles. The molecular weight excluding hydrogens is 387 g/mol. The van der Waals surface area contributed by atoms with Crippen LogP contribution in [0, 0.1) is 0 Å². The first-order chi connectivity index (χ1) is 8.15. The zero-order valence-electron chi connectivity index (χ0n) is 8.30.